The third-order valence-electron chi connectivity index (χ3n) is 9.32. The summed E-state index contributed by atoms with van der Waals surface area (Å²) in [6.07, 6.45) is 0. The Morgan fingerprint density at radius 3 is 1.35 bits per heavy atom. The van der Waals surface area contributed by atoms with Gasteiger partial charge in [-0.25, -0.2) is 0 Å². The topological polar surface area (TPSA) is 13.1 Å². The molecule has 0 atom stereocenters. The molecule has 0 radical (unpaired) electrons. The Hall–Kier alpha value is -6.44. The van der Waals surface area contributed by atoms with Gasteiger partial charge >= 0.3 is 0 Å². The minimum absolute atomic E-state index is 0.00249. The van der Waals surface area contributed by atoms with Gasteiger partial charge in [0.1, 0.15) is 11.2 Å². The fourth-order valence-corrected chi connectivity index (χ4v) is 7.01. The molecule has 0 aliphatic carbocycles. The predicted octanol–water partition coefficient (Wildman–Crippen LogP) is 13.7. The summed E-state index contributed by atoms with van der Waals surface area (Å²) in [7, 11) is 0. The van der Waals surface area contributed by atoms with Crippen LogP contribution in [0.3, 0.4) is 0 Å². The molecule has 10 rings (SSSR count). The van der Waals surface area contributed by atoms with Crippen LogP contribution in [0, 0.1) is 0 Å². The first-order chi connectivity index (χ1) is 28.1. The molecule has 0 saturated carbocycles. The lowest BCUT2D eigenvalue weighted by atomic mass is 9.85. The van der Waals surface area contributed by atoms with Crippen molar-refractivity contribution in [2.24, 2.45) is 0 Å². The Morgan fingerprint density at radius 2 is 0.776 bits per heavy atom. The van der Waals surface area contributed by atoms with Gasteiger partial charge in [0.2, 0.25) is 0 Å². The molecule has 9 aromatic carbocycles. The highest BCUT2D eigenvalue weighted by Gasteiger charge is 2.18. The van der Waals surface area contributed by atoms with Crippen molar-refractivity contribution < 1.29 is 16.8 Å². The third kappa shape index (κ3) is 4.55. The molecule has 0 saturated heterocycles. The van der Waals surface area contributed by atoms with Crippen molar-refractivity contribution in [2.75, 3.05) is 0 Å². The van der Waals surface area contributed by atoms with Gasteiger partial charge < -0.3 is 4.42 Å². The van der Waals surface area contributed by atoms with Crippen LogP contribution in [0.2, 0.25) is 0 Å². The average Bonchev–Trinajstić information content (AvgIpc) is 3.68. The van der Waals surface area contributed by atoms with Crippen LogP contribution >= 0.6 is 0 Å². The average molecular weight is 632 g/mol. The molecule has 228 valence electrons. The molecular weight excluding hydrogens is 593 g/mol. The van der Waals surface area contributed by atoms with E-state index >= 15 is 0 Å². The summed E-state index contributed by atoms with van der Waals surface area (Å²) in [4.78, 5) is 0. The van der Waals surface area contributed by atoms with Gasteiger partial charge in [0.15, 0.2) is 0 Å². The zero-order valence-corrected chi connectivity index (χ0v) is 26.0. The zero-order valence-electron chi connectivity index (χ0n) is 35.0. The maximum atomic E-state index is 9.74. The molecule has 0 amide bonds. The zero-order chi connectivity index (χ0) is 40.1. The van der Waals surface area contributed by atoms with Gasteiger partial charge in [0, 0.05) is 10.8 Å². The van der Waals surface area contributed by atoms with Crippen LogP contribution in [0.1, 0.15) is 12.3 Å². The molecule has 0 aliphatic heterocycles. The molecule has 0 N–H and O–H groups in total. The second-order valence-electron chi connectivity index (χ2n) is 12.1. The lowest BCUT2D eigenvalue weighted by Gasteiger charge is -2.18. The van der Waals surface area contributed by atoms with E-state index in [1.165, 1.54) is 0 Å². The largest absolute Gasteiger partial charge is 0.456 e. The molecule has 0 fully saturated rings. The fraction of sp³-hybridized carbons (Fsp3) is 0. The van der Waals surface area contributed by atoms with E-state index in [2.05, 4.69) is 60.7 Å². The summed E-state index contributed by atoms with van der Waals surface area (Å²) < 4.78 is 86.2. The highest BCUT2D eigenvalue weighted by Crippen LogP contribution is 2.45. The Kier molecular flexibility index (Phi) is 4.53. The van der Waals surface area contributed by atoms with Crippen molar-refractivity contribution in [1.29, 1.82) is 0 Å². The molecule has 1 heteroatoms. The summed E-state index contributed by atoms with van der Waals surface area (Å²) >= 11 is 0. The highest BCUT2D eigenvalue weighted by atomic mass is 16.3. The predicted molar refractivity (Wildman–Crippen MR) is 208 cm³/mol. The van der Waals surface area contributed by atoms with Crippen LogP contribution in [0.4, 0.5) is 0 Å². The van der Waals surface area contributed by atoms with Crippen LogP contribution in [-0.4, -0.2) is 0 Å². The number of furan rings is 1. The van der Waals surface area contributed by atoms with Crippen molar-refractivity contribution in [3.63, 3.8) is 0 Å². The second kappa shape index (κ2) is 11.1. The maximum Gasteiger partial charge on any atom is 0.136 e. The van der Waals surface area contributed by atoms with E-state index in [0.717, 1.165) is 54.9 Å². The summed E-state index contributed by atoms with van der Waals surface area (Å²) in [5, 5.41) is 3.00. The van der Waals surface area contributed by atoms with Gasteiger partial charge in [-0.2, -0.15) is 0 Å². The number of benzene rings is 9. The summed E-state index contributed by atoms with van der Waals surface area (Å²) in [6.45, 7) is 0. The Balaban J connectivity index is 1.20. The molecular formula is C48H30O. The first kappa shape index (κ1) is 20.0. The second-order valence-corrected chi connectivity index (χ2v) is 12.1. The standard InChI is InChI=1S/C48H30O/c1-2-10-31(11-3-1)32-18-20-33(21-19-32)34-22-24-35(25-23-34)47-39-14-6-8-16-41(39)48(42-17-9-7-15-40(42)47)38-26-27-45-43(29-38)44-28-36-12-4-5-13-37(36)30-46(44)49-45/h1-30H/i4D,5D,12D,13D,26D,27D,28D,29D,30D. The van der Waals surface area contributed by atoms with Crippen LogP contribution in [-0.2, 0) is 0 Å². The van der Waals surface area contributed by atoms with Crippen LogP contribution < -0.4 is 0 Å². The van der Waals surface area contributed by atoms with E-state index < -0.39 is 24.2 Å². The van der Waals surface area contributed by atoms with Crippen LogP contribution in [0.25, 0.3) is 98.8 Å². The van der Waals surface area contributed by atoms with Crippen LogP contribution in [0.5, 0.6) is 0 Å². The van der Waals surface area contributed by atoms with Crippen LogP contribution in [0.15, 0.2) is 186 Å². The van der Waals surface area contributed by atoms with Crippen molar-refractivity contribution in [3.8, 4) is 44.5 Å². The van der Waals surface area contributed by atoms with Crippen molar-refractivity contribution in [3.05, 3.63) is 182 Å². The number of hydrogen-bond acceptors (Lipinski definition) is 1. The lowest BCUT2D eigenvalue weighted by molar-refractivity contribution is 0.669. The van der Waals surface area contributed by atoms with Gasteiger partial charge in [-0.3, -0.25) is 0 Å². The van der Waals surface area contributed by atoms with Crippen molar-refractivity contribution in [1.82, 2.24) is 0 Å². The normalized spacial score (nSPS) is 14.2. The van der Waals surface area contributed by atoms with E-state index in [-0.39, 0.29) is 68.5 Å². The summed E-state index contributed by atoms with van der Waals surface area (Å²) in [6, 6.07) is 39.4. The van der Waals surface area contributed by atoms with Gasteiger partial charge in [-0.05, 0) is 101 Å². The molecule has 1 heterocycles. The van der Waals surface area contributed by atoms with Crippen molar-refractivity contribution >= 4 is 54.3 Å². The summed E-state index contributed by atoms with van der Waals surface area (Å²) in [5.74, 6) is 0. The Bertz CT molecular complexity index is 3300. The van der Waals surface area contributed by atoms with Gasteiger partial charge in [-0.1, -0.05) is 158 Å². The SMILES string of the molecule is [2H]c1c(-c2c3ccccc3c(-c3ccc(-c4ccc(-c5ccccc5)cc4)cc3)c3ccccc23)c([2H])c2c(oc3c([2H])c4c([2H])c([2H])c([2H])c([2H])c4c([2H])c32)c1[2H]. The minimum Gasteiger partial charge on any atom is -0.456 e. The molecule has 49 heavy (non-hydrogen) atoms. The van der Waals surface area contributed by atoms with Gasteiger partial charge in [0.25, 0.3) is 0 Å². The maximum absolute atomic E-state index is 9.74. The number of hydrogen-bond donors (Lipinski definition) is 0. The van der Waals surface area contributed by atoms with E-state index in [1.807, 2.05) is 66.7 Å². The summed E-state index contributed by atoms with van der Waals surface area (Å²) in [5.41, 5.74) is 6.85. The highest BCUT2D eigenvalue weighted by molar-refractivity contribution is 6.22. The lowest BCUT2D eigenvalue weighted by Crippen LogP contribution is -1.91. The molecule has 1 nitrogen and oxygen atoms in total. The quantitative estimate of drug-likeness (QED) is 0.176. The molecule has 0 bridgehead atoms. The molecule has 0 unspecified atom stereocenters. The molecule has 0 aliphatic rings. The van der Waals surface area contributed by atoms with E-state index in [1.54, 1.807) is 0 Å². The monoisotopic (exact) mass is 631 g/mol. The van der Waals surface area contributed by atoms with E-state index in [9.17, 15) is 5.48 Å². The molecule has 1 aromatic heterocycles. The first-order valence-corrected chi connectivity index (χ1v) is 16.1. The minimum atomic E-state index is -0.538. The van der Waals surface area contributed by atoms with Gasteiger partial charge in [0.05, 0.1) is 12.3 Å². The fourth-order valence-electron chi connectivity index (χ4n) is 7.01. The Labute approximate surface area is 297 Å². The van der Waals surface area contributed by atoms with Crippen molar-refractivity contribution in [2.45, 2.75) is 0 Å². The van der Waals surface area contributed by atoms with E-state index in [0.29, 0.717) is 5.56 Å². The first-order valence-electron chi connectivity index (χ1n) is 20.6. The number of rotatable bonds is 4. The molecule has 0 spiro atoms. The van der Waals surface area contributed by atoms with E-state index in [4.69, 9.17) is 11.3 Å². The third-order valence-corrected chi connectivity index (χ3v) is 9.32. The Morgan fingerprint density at radius 1 is 0.327 bits per heavy atom. The van der Waals surface area contributed by atoms with Gasteiger partial charge in [-0.15, -0.1) is 0 Å². The molecule has 10 aromatic rings. The number of fused-ring (bicyclic) bond motifs is 6. The smallest absolute Gasteiger partial charge is 0.136 e.